The second kappa shape index (κ2) is 48.9. The molecule has 38 atom stereocenters. The van der Waals surface area contributed by atoms with Gasteiger partial charge in [-0.3, -0.25) is 0 Å². The molecule has 6 aliphatic heterocycles. The van der Waals surface area contributed by atoms with Gasteiger partial charge in [-0.15, -0.1) is 0 Å². The van der Waals surface area contributed by atoms with Crippen LogP contribution in [0.25, 0.3) is 0 Å². The first-order valence-electron chi connectivity index (χ1n) is 41.3. The number of nitrogens with two attached hydrogens (primary N) is 6. The minimum atomic E-state index is -1.80. The van der Waals surface area contributed by atoms with E-state index in [1.807, 2.05) is 36.4 Å². The number of alkyl carbamates (subject to hydrolysis) is 3. The summed E-state index contributed by atoms with van der Waals surface area (Å²) in [7, 11) is 0. The Bertz CT molecular complexity index is 3890. The van der Waals surface area contributed by atoms with Crippen molar-refractivity contribution in [2.75, 3.05) is 26.3 Å². The van der Waals surface area contributed by atoms with Crippen LogP contribution in [-0.2, 0) is 102 Å². The third-order valence-corrected chi connectivity index (χ3v) is 23.0. The molecular weight excluding hydrogens is 1690 g/mol. The molecule has 0 bridgehead atoms. The number of aliphatic hydroxyl groups excluding tert-OH is 14. The van der Waals surface area contributed by atoms with Crippen LogP contribution in [0, 0.1) is 5.92 Å². The summed E-state index contributed by atoms with van der Waals surface area (Å²) in [5, 5.41) is 160. The van der Waals surface area contributed by atoms with Crippen molar-refractivity contribution in [2.24, 2.45) is 40.3 Å². The van der Waals surface area contributed by atoms with Gasteiger partial charge < -0.3 is 198 Å². The molecule has 43 nitrogen and oxygen atoms in total. The molecule has 4 aromatic carbocycles. The SMILES string of the molecule is C.CC[C@@H]1O[C@H](O[C@H]2[C@@H](O)[C@H](O[C@@H]3[C@@H](O)[C@H](NC(=O)OCc4ccccc4)C[C@H](C)[C@H]3O[C@H]3O[C@H](CC)[C@@H](O)[C@H](O)[C@H]3NC(=O)OCc3ccccc3)O[C@@H]2CO)[C@H](NC(=O)OCc2ccccc2)[C@@H](O)[C@@H]1O.NC[C@@H]1O[C@H](O[C@H]2[C@@H](O)[C@H](O[C@@H]3[C@@H](O)[C@H](N)C[C@H](N)[C@H]3O[C@H]3O[C@H](CN)[C@@H](O)[C@H](O)[C@H]3N)O[C@@H]2CO)[C@H](N)[C@@H](O)[C@@H]1O.O=C(Cl)OCc1ccccc1. The number of carbonyl (C=O) groups is 4. The molecule has 8 fully saturated rings. The predicted octanol–water partition coefficient (Wildman–Crippen LogP) is -4.48. The number of benzene rings is 4. The summed E-state index contributed by atoms with van der Waals surface area (Å²) in [4.78, 5) is 49.7. The van der Waals surface area contributed by atoms with Crippen LogP contribution in [0.5, 0.6) is 0 Å². The van der Waals surface area contributed by atoms with E-state index in [4.69, 9.17) is 117 Å². The highest BCUT2D eigenvalue weighted by Crippen LogP contribution is 2.40. The van der Waals surface area contributed by atoms with Gasteiger partial charge >= 0.3 is 23.7 Å². The van der Waals surface area contributed by atoms with Crippen molar-refractivity contribution >= 4 is 35.3 Å². The van der Waals surface area contributed by atoms with E-state index in [0.717, 1.165) is 5.56 Å². The summed E-state index contributed by atoms with van der Waals surface area (Å²) in [6, 6.07) is 27.7. The van der Waals surface area contributed by atoms with Crippen LogP contribution in [0.4, 0.5) is 19.2 Å². The lowest BCUT2D eigenvalue weighted by atomic mass is 9.80. The van der Waals surface area contributed by atoms with Crippen LogP contribution in [0.1, 0.15) is 76.1 Å². The highest BCUT2D eigenvalue weighted by atomic mass is 35.5. The molecule has 6 heterocycles. The molecule has 126 heavy (non-hydrogen) atoms. The molecule has 0 unspecified atom stereocenters. The Morgan fingerprint density at radius 2 is 0.683 bits per heavy atom. The number of rotatable bonds is 29. The largest absolute Gasteiger partial charge is 0.449 e. The zero-order valence-corrected chi connectivity index (χ0v) is 69.5. The fourth-order valence-corrected chi connectivity index (χ4v) is 15.8. The quantitative estimate of drug-likeness (QED) is 0.0180. The fourth-order valence-electron chi connectivity index (χ4n) is 15.8. The standard InChI is InChI=1S/C50H67N3O19.C23H46N6O13.C8H7ClO2.CH4/c1-4-31-37(56)39(58)34(52-49(62)65-24-28-17-11-7-12-18-28)45(67-31)70-42-26(3)21-30(51-48(61)64-23-27-15-9-6-10-16-27)36(55)44(42)72-47-41(60)43(33(22-54)69-47)71-46-35(40(59)38(57)32(5-2)68-46)53-50(63)66-25-29-19-13-8-14-20-29;24-2-7-13(32)15(34)10(28)21(37-7)40-18-6(27)1-5(26)12(31)20(18)42-23-17(36)19(9(4-30)39-23)41-22-11(29)16(35)14(33)8(3-25)38-22;9-8(10)11-6-7-4-2-1-3-5-7;/h6-20,26,30-47,54-60H,4-5,21-25H2,1-3H3,(H,51,61)(H,52,62)(H,53,63);5-23,30-36H,1-4,24-29H2;1-5H,6H2;1H4/t26-,30+,31+,32-,33+,34+,35+,36-,37+,38+,39+,40+,41+,42+,43+,44+,45+,46+,47-;5-,6+,7-,8+,9-,10-,11-,12+,13-,14-,15-,16-,17-,18-,19-,20-,21-,22-,23+;;/m01../s1. The molecular formula is C82H124ClN9O34. The number of hydrogen-bond acceptors (Lipinski definition) is 40. The van der Waals surface area contributed by atoms with Gasteiger partial charge in [0.25, 0.3) is 0 Å². The van der Waals surface area contributed by atoms with Crippen LogP contribution in [-0.4, -0.2) is 348 Å². The highest BCUT2D eigenvalue weighted by molar-refractivity contribution is 6.61. The Hall–Kier alpha value is -6.83. The zero-order chi connectivity index (χ0) is 90.6. The average Bonchev–Trinajstić information content (AvgIpc) is 1.45. The maximum Gasteiger partial charge on any atom is 0.407 e. The van der Waals surface area contributed by atoms with E-state index in [9.17, 15) is 90.7 Å². The molecule has 12 rings (SSSR count). The van der Waals surface area contributed by atoms with Crippen LogP contribution in [0.15, 0.2) is 121 Å². The van der Waals surface area contributed by atoms with E-state index in [2.05, 4.69) is 20.7 Å². The molecule has 8 aliphatic rings. The third kappa shape index (κ3) is 26.3. The van der Waals surface area contributed by atoms with Crippen LogP contribution >= 0.6 is 11.6 Å². The van der Waals surface area contributed by atoms with E-state index in [0.29, 0.717) is 16.7 Å². The first kappa shape index (κ1) is 103. The normalized spacial score (nSPS) is 39.1. The lowest BCUT2D eigenvalue weighted by molar-refractivity contribution is -0.315. The van der Waals surface area contributed by atoms with Crippen molar-refractivity contribution in [3.05, 3.63) is 144 Å². The van der Waals surface area contributed by atoms with Gasteiger partial charge in [0.1, 0.15) is 161 Å². The second-order valence-corrected chi connectivity index (χ2v) is 31.9. The molecule has 29 N–H and O–H groups in total. The van der Waals surface area contributed by atoms with Crippen LogP contribution in [0.3, 0.4) is 0 Å². The lowest BCUT2D eigenvalue weighted by Gasteiger charge is -2.48. The van der Waals surface area contributed by atoms with Crippen molar-refractivity contribution < 1.29 is 166 Å². The number of halogens is 1. The average molecular weight is 1820 g/mol. The Balaban J connectivity index is 0.000000278. The molecule has 0 spiro atoms. The second-order valence-electron chi connectivity index (χ2n) is 31.6. The first-order chi connectivity index (χ1) is 59.8. The summed E-state index contributed by atoms with van der Waals surface area (Å²) in [6.07, 6.45) is -44.3. The third-order valence-electron chi connectivity index (χ3n) is 22.9. The minimum Gasteiger partial charge on any atom is -0.449 e. The molecule has 6 saturated heterocycles. The molecule has 0 radical (unpaired) electrons. The first-order valence-corrected chi connectivity index (χ1v) is 41.6. The van der Waals surface area contributed by atoms with Gasteiger partial charge in [0.15, 0.2) is 37.7 Å². The summed E-state index contributed by atoms with van der Waals surface area (Å²) in [5.74, 6) is -0.654. The van der Waals surface area contributed by atoms with Crippen molar-refractivity contribution in [2.45, 2.75) is 307 Å². The van der Waals surface area contributed by atoms with Gasteiger partial charge in [-0.05, 0) is 53.9 Å². The smallest absolute Gasteiger partial charge is 0.407 e. The van der Waals surface area contributed by atoms with E-state index >= 15 is 0 Å². The summed E-state index contributed by atoms with van der Waals surface area (Å²) in [6.45, 7) is 3.29. The van der Waals surface area contributed by atoms with E-state index in [1.165, 1.54) is 0 Å². The topological polar surface area (TPSA) is 691 Å². The number of nitrogens with one attached hydrogen (secondary N) is 3. The molecule has 2 saturated carbocycles. The van der Waals surface area contributed by atoms with Crippen LogP contribution in [0.2, 0.25) is 0 Å². The molecule has 0 aromatic heterocycles. The molecule has 3 amide bonds. The molecule has 4 aromatic rings. The monoisotopic (exact) mass is 1810 g/mol. The Morgan fingerprint density at radius 1 is 0.365 bits per heavy atom. The Kier molecular flexibility index (Phi) is 39.9. The lowest BCUT2D eigenvalue weighted by Crippen LogP contribution is -2.68. The van der Waals surface area contributed by atoms with Gasteiger partial charge in [0.2, 0.25) is 0 Å². The molecule has 708 valence electrons. The van der Waals surface area contributed by atoms with E-state index < -0.39 is 269 Å². The fraction of sp³-hybridized carbons (Fsp3) is 0.659. The number of ether oxygens (including phenoxy) is 16. The number of carbonyl (C=O) groups excluding carboxylic acids is 4. The highest BCUT2D eigenvalue weighted by Gasteiger charge is 2.59. The Morgan fingerprint density at radius 3 is 1.05 bits per heavy atom. The molecule has 44 heteroatoms. The van der Waals surface area contributed by atoms with Crippen molar-refractivity contribution in [1.82, 2.24) is 16.0 Å². The van der Waals surface area contributed by atoms with Crippen molar-refractivity contribution in [3.63, 3.8) is 0 Å². The number of hydrogen-bond donors (Lipinski definition) is 23. The van der Waals surface area contributed by atoms with Gasteiger partial charge in [-0.2, -0.15) is 0 Å². The maximum atomic E-state index is 13.2. The van der Waals surface area contributed by atoms with Gasteiger partial charge in [0, 0.05) is 36.8 Å². The van der Waals surface area contributed by atoms with Gasteiger partial charge in [-0.1, -0.05) is 150 Å². The number of amides is 3. The predicted molar refractivity (Wildman–Crippen MR) is 436 cm³/mol. The van der Waals surface area contributed by atoms with Gasteiger partial charge in [-0.25, -0.2) is 19.2 Å². The van der Waals surface area contributed by atoms with Crippen molar-refractivity contribution in [3.8, 4) is 0 Å². The number of aliphatic hydroxyl groups is 14. The molecule has 2 aliphatic carbocycles. The Labute approximate surface area is 731 Å². The van der Waals surface area contributed by atoms with Gasteiger partial charge in [0.05, 0.1) is 55.8 Å². The zero-order valence-electron chi connectivity index (χ0n) is 68.7. The van der Waals surface area contributed by atoms with E-state index in [-0.39, 0.29) is 72.6 Å². The minimum absolute atomic E-state index is 0. The van der Waals surface area contributed by atoms with Crippen LogP contribution < -0.4 is 50.4 Å². The maximum absolute atomic E-state index is 13.2. The summed E-state index contributed by atoms with van der Waals surface area (Å²) >= 11 is 4.97. The van der Waals surface area contributed by atoms with E-state index in [1.54, 1.807) is 106 Å². The van der Waals surface area contributed by atoms with Crippen molar-refractivity contribution in [1.29, 1.82) is 0 Å². The summed E-state index contributed by atoms with van der Waals surface area (Å²) < 4.78 is 92.9. The summed E-state index contributed by atoms with van der Waals surface area (Å²) in [5.41, 5.74) is 37.9.